The average molecular weight is 325 g/mol. The van der Waals surface area contributed by atoms with Gasteiger partial charge in [-0.25, -0.2) is 0 Å². The maximum absolute atomic E-state index is 12.4. The van der Waals surface area contributed by atoms with Crippen LogP contribution in [0.2, 0.25) is 0 Å². The Labute approximate surface area is 134 Å². The molecule has 0 radical (unpaired) electrons. The van der Waals surface area contributed by atoms with Crippen molar-refractivity contribution in [2.45, 2.75) is 51.6 Å². The lowest BCUT2D eigenvalue weighted by atomic mass is 9.99. The van der Waals surface area contributed by atoms with Crippen molar-refractivity contribution in [1.82, 2.24) is 20.4 Å². The van der Waals surface area contributed by atoms with E-state index in [9.17, 15) is 9.59 Å². The Kier molecular flexibility index (Phi) is 5.47. The summed E-state index contributed by atoms with van der Waals surface area (Å²) in [6.45, 7) is 6.83. The number of anilines is 1. The number of aromatic nitrogens is 2. The maximum Gasteiger partial charge on any atom is 0.240 e. The number of hydrogen-bond donors (Lipinski definition) is 2. The van der Waals surface area contributed by atoms with E-state index in [1.165, 1.54) is 11.3 Å². The van der Waals surface area contributed by atoms with Gasteiger partial charge in [0.2, 0.25) is 16.9 Å². The van der Waals surface area contributed by atoms with Gasteiger partial charge in [0.25, 0.3) is 0 Å². The van der Waals surface area contributed by atoms with E-state index in [0.29, 0.717) is 5.13 Å². The Balaban J connectivity index is 1.94. The molecule has 0 saturated carbocycles. The SMILES string of the molecule is CC(C)(C)NC(=O)[C@@H]1CCCCN1CC(=O)Nc1nncs1. The van der Waals surface area contributed by atoms with Crippen LogP contribution in [0.15, 0.2) is 5.51 Å². The average Bonchev–Trinajstić information content (AvgIpc) is 2.90. The van der Waals surface area contributed by atoms with Crippen molar-refractivity contribution < 1.29 is 9.59 Å². The van der Waals surface area contributed by atoms with Crippen molar-refractivity contribution in [3.63, 3.8) is 0 Å². The van der Waals surface area contributed by atoms with Crippen molar-refractivity contribution in [3.05, 3.63) is 5.51 Å². The number of nitrogens with one attached hydrogen (secondary N) is 2. The van der Waals surface area contributed by atoms with E-state index in [4.69, 9.17) is 0 Å². The summed E-state index contributed by atoms with van der Waals surface area (Å²) >= 11 is 1.28. The van der Waals surface area contributed by atoms with Crippen LogP contribution in [0.1, 0.15) is 40.0 Å². The van der Waals surface area contributed by atoms with Crippen molar-refractivity contribution in [3.8, 4) is 0 Å². The third kappa shape index (κ3) is 5.03. The molecule has 1 aromatic heterocycles. The van der Waals surface area contributed by atoms with Crippen LogP contribution in [0.5, 0.6) is 0 Å². The lowest BCUT2D eigenvalue weighted by Gasteiger charge is -2.35. The van der Waals surface area contributed by atoms with Crippen LogP contribution in [0.4, 0.5) is 5.13 Å². The minimum atomic E-state index is -0.269. The van der Waals surface area contributed by atoms with Gasteiger partial charge in [0, 0.05) is 5.54 Å². The Morgan fingerprint density at radius 1 is 1.41 bits per heavy atom. The molecule has 0 aliphatic carbocycles. The van der Waals surface area contributed by atoms with Crippen molar-refractivity contribution in [2.24, 2.45) is 0 Å². The predicted octanol–water partition coefficient (Wildman–Crippen LogP) is 1.25. The van der Waals surface area contributed by atoms with Crippen molar-refractivity contribution in [2.75, 3.05) is 18.4 Å². The fraction of sp³-hybridized carbons (Fsp3) is 0.714. The summed E-state index contributed by atoms with van der Waals surface area (Å²) < 4.78 is 0. The standard InChI is InChI=1S/C14H23N5O2S/c1-14(2,3)17-12(21)10-6-4-5-7-19(10)8-11(20)16-13-18-15-9-22-13/h9-10H,4-8H2,1-3H3,(H,17,21)(H,16,18,20)/t10-/m0/s1. The topological polar surface area (TPSA) is 87.2 Å². The fourth-order valence-corrected chi connectivity index (χ4v) is 2.96. The van der Waals surface area contributed by atoms with Gasteiger partial charge in [-0.15, -0.1) is 10.2 Å². The van der Waals surface area contributed by atoms with Gasteiger partial charge in [-0.2, -0.15) is 0 Å². The van der Waals surface area contributed by atoms with E-state index >= 15 is 0 Å². The molecule has 1 atom stereocenters. The van der Waals surface area contributed by atoms with Gasteiger partial charge in [0.1, 0.15) is 5.51 Å². The summed E-state index contributed by atoms with van der Waals surface area (Å²) in [7, 11) is 0. The zero-order valence-electron chi connectivity index (χ0n) is 13.3. The molecule has 122 valence electrons. The summed E-state index contributed by atoms with van der Waals surface area (Å²) in [6.07, 6.45) is 2.80. The summed E-state index contributed by atoms with van der Waals surface area (Å²) in [5, 5.41) is 13.7. The smallest absolute Gasteiger partial charge is 0.240 e. The molecule has 1 saturated heterocycles. The number of nitrogens with zero attached hydrogens (tertiary/aromatic N) is 3. The molecule has 2 rings (SSSR count). The van der Waals surface area contributed by atoms with Crippen LogP contribution in [-0.2, 0) is 9.59 Å². The number of likely N-dealkylation sites (tertiary alicyclic amines) is 1. The van der Waals surface area contributed by atoms with Gasteiger partial charge in [0.15, 0.2) is 0 Å². The van der Waals surface area contributed by atoms with Crippen LogP contribution < -0.4 is 10.6 Å². The Bertz CT molecular complexity index is 512. The largest absolute Gasteiger partial charge is 0.350 e. The van der Waals surface area contributed by atoms with E-state index < -0.39 is 0 Å². The van der Waals surface area contributed by atoms with E-state index in [1.54, 1.807) is 5.51 Å². The van der Waals surface area contributed by atoms with Crippen LogP contribution in [0.25, 0.3) is 0 Å². The Hall–Kier alpha value is -1.54. The van der Waals surface area contributed by atoms with Gasteiger partial charge in [-0.05, 0) is 40.2 Å². The van der Waals surface area contributed by atoms with Crippen LogP contribution >= 0.6 is 11.3 Å². The zero-order valence-corrected chi connectivity index (χ0v) is 14.1. The van der Waals surface area contributed by atoms with Crippen LogP contribution in [0, 0.1) is 0 Å². The molecular formula is C14H23N5O2S. The molecule has 1 aliphatic heterocycles. The van der Waals surface area contributed by atoms with Crippen molar-refractivity contribution in [1.29, 1.82) is 0 Å². The van der Waals surface area contributed by atoms with Gasteiger partial charge >= 0.3 is 0 Å². The van der Waals surface area contributed by atoms with Gasteiger partial charge in [0.05, 0.1) is 12.6 Å². The normalized spacial score (nSPS) is 19.7. The number of rotatable bonds is 4. The molecule has 1 aromatic rings. The minimum Gasteiger partial charge on any atom is -0.350 e. The fourth-order valence-electron chi connectivity index (χ4n) is 2.50. The molecule has 1 fully saturated rings. The second kappa shape index (κ2) is 7.15. The lowest BCUT2D eigenvalue weighted by molar-refractivity contribution is -0.130. The van der Waals surface area contributed by atoms with Crippen molar-refractivity contribution >= 4 is 28.3 Å². The number of carbonyl (C=O) groups excluding carboxylic acids is 2. The number of piperidine rings is 1. The van der Waals surface area contributed by atoms with Gasteiger partial charge < -0.3 is 5.32 Å². The number of hydrogen-bond acceptors (Lipinski definition) is 6. The highest BCUT2D eigenvalue weighted by atomic mass is 32.1. The first kappa shape index (κ1) is 16.8. The Morgan fingerprint density at radius 2 is 2.18 bits per heavy atom. The molecule has 0 unspecified atom stereocenters. The minimum absolute atomic E-state index is 0.00378. The highest BCUT2D eigenvalue weighted by Gasteiger charge is 2.31. The van der Waals surface area contributed by atoms with Gasteiger partial charge in [-0.3, -0.25) is 19.8 Å². The Morgan fingerprint density at radius 3 is 2.82 bits per heavy atom. The molecule has 2 heterocycles. The van der Waals surface area contributed by atoms with E-state index in [2.05, 4.69) is 20.8 Å². The molecule has 2 amide bonds. The molecule has 0 spiro atoms. The summed E-state index contributed by atoms with van der Waals surface area (Å²) in [5.74, 6) is -0.164. The summed E-state index contributed by atoms with van der Waals surface area (Å²) in [6, 6.07) is -0.242. The maximum atomic E-state index is 12.4. The third-order valence-corrected chi connectivity index (χ3v) is 3.97. The van der Waals surface area contributed by atoms with Crippen LogP contribution in [0.3, 0.4) is 0 Å². The number of carbonyl (C=O) groups is 2. The summed E-state index contributed by atoms with van der Waals surface area (Å²) in [5.41, 5.74) is 1.30. The highest BCUT2D eigenvalue weighted by molar-refractivity contribution is 7.13. The van der Waals surface area contributed by atoms with E-state index in [-0.39, 0.29) is 29.9 Å². The van der Waals surface area contributed by atoms with Crippen LogP contribution in [-0.4, -0.2) is 51.6 Å². The first-order chi connectivity index (χ1) is 10.3. The third-order valence-electron chi connectivity index (χ3n) is 3.37. The predicted molar refractivity (Wildman–Crippen MR) is 85.6 cm³/mol. The number of amides is 2. The van der Waals surface area contributed by atoms with E-state index in [0.717, 1.165) is 25.8 Å². The monoisotopic (exact) mass is 325 g/mol. The zero-order chi connectivity index (χ0) is 16.2. The molecule has 0 bridgehead atoms. The van der Waals surface area contributed by atoms with E-state index in [1.807, 2.05) is 25.7 Å². The molecular weight excluding hydrogens is 302 g/mol. The molecule has 8 heteroatoms. The molecule has 7 nitrogen and oxygen atoms in total. The molecule has 0 aromatic carbocycles. The summed E-state index contributed by atoms with van der Waals surface area (Å²) in [4.78, 5) is 26.4. The first-order valence-electron chi connectivity index (χ1n) is 7.47. The highest BCUT2D eigenvalue weighted by Crippen LogP contribution is 2.18. The first-order valence-corrected chi connectivity index (χ1v) is 8.35. The van der Waals surface area contributed by atoms with Gasteiger partial charge in [-0.1, -0.05) is 17.8 Å². The molecule has 2 N–H and O–H groups in total. The second-order valence-corrected chi connectivity index (χ2v) is 7.35. The second-order valence-electron chi connectivity index (χ2n) is 6.51. The molecule has 1 aliphatic rings. The quantitative estimate of drug-likeness (QED) is 0.870. The lowest BCUT2D eigenvalue weighted by Crippen LogP contribution is -2.55. The molecule has 22 heavy (non-hydrogen) atoms.